The molecule has 2 heterocycles. The fourth-order valence-corrected chi connectivity index (χ4v) is 1.57. The van der Waals surface area contributed by atoms with E-state index in [4.69, 9.17) is 5.73 Å². The standard InChI is InChI=1S/C11H14N4O/c1-7-8(2)15-6-9(14-11(16)5-12)3-4-10(15)13-7/h3-4,6H,5,12H2,1-2H3,(H,14,16). The summed E-state index contributed by atoms with van der Waals surface area (Å²) in [5, 5.41) is 2.71. The summed E-state index contributed by atoms with van der Waals surface area (Å²) in [6, 6.07) is 3.68. The van der Waals surface area contributed by atoms with Crippen molar-refractivity contribution in [2.24, 2.45) is 5.73 Å². The van der Waals surface area contributed by atoms with E-state index in [1.165, 1.54) is 0 Å². The van der Waals surface area contributed by atoms with E-state index in [1.807, 2.05) is 36.6 Å². The van der Waals surface area contributed by atoms with Crippen molar-refractivity contribution in [3.8, 4) is 0 Å². The number of nitrogens with two attached hydrogens (primary N) is 1. The molecule has 1 amide bonds. The lowest BCUT2D eigenvalue weighted by Gasteiger charge is -2.04. The van der Waals surface area contributed by atoms with Crippen LogP contribution in [0, 0.1) is 13.8 Å². The molecule has 0 fully saturated rings. The van der Waals surface area contributed by atoms with Crippen LogP contribution in [0.3, 0.4) is 0 Å². The van der Waals surface area contributed by atoms with Gasteiger partial charge in [-0.1, -0.05) is 0 Å². The summed E-state index contributed by atoms with van der Waals surface area (Å²) in [5.41, 5.74) is 8.89. The number of aryl methyl sites for hydroxylation is 2. The second-order valence-corrected chi connectivity index (χ2v) is 3.68. The number of nitrogens with one attached hydrogen (secondary N) is 1. The van der Waals surface area contributed by atoms with E-state index >= 15 is 0 Å². The van der Waals surface area contributed by atoms with Crippen molar-refractivity contribution in [3.05, 3.63) is 29.7 Å². The topological polar surface area (TPSA) is 72.4 Å². The highest BCUT2D eigenvalue weighted by Gasteiger charge is 2.05. The van der Waals surface area contributed by atoms with Crippen molar-refractivity contribution in [2.45, 2.75) is 13.8 Å². The zero-order chi connectivity index (χ0) is 11.7. The zero-order valence-electron chi connectivity index (χ0n) is 9.32. The summed E-state index contributed by atoms with van der Waals surface area (Å²) >= 11 is 0. The molecule has 0 atom stereocenters. The minimum absolute atomic E-state index is 0.0139. The molecule has 84 valence electrons. The van der Waals surface area contributed by atoms with Crippen molar-refractivity contribution in [3.63, 3.8) is 0 Å². The number of carbonyl (C=O) groups is 1. The number of aromatic nitrogens is 2. The van der Waals surface area contributed by atoms with Gasteiger partial charge in [0.05, 0.1) is 17.9 Å². The molecule has 0 radical (unpaired) electrons. The minimum Gasteiger partial charge on any atom is -0.324 e. The molecule has 16 heavy (non-hydrogen) atoms. The summed E-state index contributed by atoms with van der Waals surface area (Å²) in [5.74, 6) is -0.200. The highest BCUT2D eigenvalue weighted by atomic mass is 16.1. The predicted molar refractivity (Wildman–Crippen MR) is 62.4 cm³/mol. The molecule has 0 spiro atoms. The van der Waals surface area contributed by atoms with Crippen LogP contribution in [-0.2, 0) is 4.79 Å². The van der Waals surface area contributed by atoms with Crippen molar-refractivity contribution in [1.82, 2.24) is 9.38 Å². The van der Waals surface area contributed by atoms with Gasteiger partial charge in [-0.15, -0.1) is 0 Å². The number of fused-ring (bicyclic) bond motifs is 1. The Morgan fingerprint density at radius 2 is 2.25 bits per heavy atom. The van der Waals surface area contributed by atoms with E-state index in [2.05, 4.69) is 10.3 Å². The number of pyridine rings is 1. The third-order valence-electron chi connectivity index (χ3n) is 2.56. The molecule has 0 aliphatic rings. The van der Waals surface area contributed by atoms with Gasteiger partial charge in [0.15, 0.2) is 0 Å². The monoisotopic (exact) mass is 218 g/mol. The molecular weight excluding hydrogens is 204 g/mol. The molecule has 0 bridgehead atoms. The van der Waals surface area contributed by atoms with Crippen LogP contribution in [0.25, 0.3) is 5.65 Å². The summed E-state index contributed by atoms with van der Waals surface area (Å²) < 4.78 is 1.95. The maximum absolute atomic E-state index is 11.1. The number of carbonyl (C=O) groups excluding carboxylic acids is 1. The van der Waals surface area contributed by atoms with Crippen LogP contribution in [0.15, 0.2) is 18.3 Å². The van der Waals surface area contributed by atoms with Crippen LogP contribution in [0.5, 0.6) is 0 Å². The molecule has 0 saturated heterocycles. The zero-order valence-corrected chi connectivity index (χ0v) is 9.32. The minimum atomic E-state index is -0.200. The number of imidazole rings is 1. The number of nitrogens with zero attached hydrogens (tertiary/aromatic N) is 2. The summed E-state index contributed by atoms with van der Waals surface area (Å²) in [6.07, 6.45) is 1.85. The first-order valence-corrected chi connectivity index (χ1v) is 5.07. The van der Waals surface area contributed by atoms with Crippen molar-refractivity contribution < 1.29 is 4.79 Å². The first-order valence-electron chi connectivity index (χ1n) is 5.07. The maximum Gasteiger partial charge on any atom is 0.238 e. The smallest absolute Gasteiger partial charge is 0.238 e. The molecule has 2 aromatic rings. The highest BCUT2D eigenvalue weighted by molar-refractivity contribution is 5.92. The van der Waals surface area contributed by atoms with Crippen LogP contribution < -0.4 is 11.1 Å². The Morgan fingerprint density at radius 1 is 1.50 bits per heavy atom. The van der Waals surface area contributed by atoms with Crippen LogP contribution in [0.4, 0.5) is 5.69 Å². The van der Waals surface area contributed by atoms with Gasteiger partial charge in [-0.3, -0.25) is 4.79 Å². The SMILES string of the molecule is Cc1nc2ccc(NC(=O)CN)cn2c1C. The van der Waals surface area contributed by atoms with Crippen molar-refractivity contribution >= 4 is 17.2 Å². The predicted octanol–water partition coefficient (Wildman–Crippen LogP) is 0.848. The van der Waals surface area contributed by atoms with Gasteiger partial charge in [0.25, 0.3) is 0 Å². The molecule has 0 aromatic carbocycles. The van der Waals surface area contributed by atoms with Gasteiger partial charge in [-0.05, 0) is 26.0 Å². The van der Waals surface area contributed by atoms with Gasteiger partial charge < -0.3 is 15.5 Å². The lowest BCUT2D eigenvalue weighted by atomic mass is 10.3. The van der Waals surface area contributed by atoms with E-state index in [-0.39, 0.29) is 12.5 Å². The van der Waals surface area contributed by atoms with E-state index in [9.17, 15) is 4.79 Å². The molecule has 0 aliphatic heterocycles. The lowest BCUT2D eigenvalue weighted by molar-refractivity contribution is -0.114. The number of anilines is 1. The largest absolute Gasteiger partial charge is 0.324 e. The van der Waals surface area contributed by atoms with Gasteiger partial charge >= 0.3 is 0 Å². The van der Waals surface area contributed by atoms with Gasteiger partial charge in [0.2, 0.25) is 5.91 Å². The molecule has 5 nitrogen and oxygen atoms in total. The lowest BCUT2D eigenvalue weighted by Crippen LogP contribution is -2.21. The van der Waals surface area contributed by atoms with E-state index in [0.717, 1.165) is 22.7 Å². The van der Waals surface area contributed by atoms with E-state index in [0.29, 0.717) is 0 Å². The molecular formula is C11H14N4O. The van der Waals surface area contributed by atoms with Crippen LogP contribution in [0.2, 0.25) is 0 Å². The Morgan fingerprint density at radius 3 is 2.94 bits per heavy atom. The second kappa shape index (κ2) is 3.94. The summed E-state index contributed by atoms with van der Waals surface area (Å²) in [4.78, 5) is 15.5. The Labute approximate surface area is 93.3 Å². The molecule has 3 N–H and O–H groups in total. The Kier molecular flexibility index (Phi) is 2.62. The van der Waals surface area contributed by atoms with Crippen LogP contribution in [0.1, 0.15) is 11.4 Å². The fourth-order valence-electron chi connectivity index (χ4n) is 1.57. The van der Waals surface area contributed by atoms with Gasteiger partial charge in [0, 0.05) is 11.9 Å². The normalized spacial score (nSPS) is 10.7. The quantitative estimate of drug-likeness (QED) is 0.784. The Balaban J connectivity index is 2.43. The average Bonchev–Trinajstić information content (AvgIpc) is 2.55. The van der Waals surface area contributed by atoms with E-state index < -0.39 is 0 Å². The molecule has 2 aromatic heterocycles. The molecule has 5 heteroatoms. The molecule has 0 saturated carbocycles. The average molecular weight is 218 g/mol. The van der Waals surface area contributed by atoms with Crippen LogP contribution >= 0.6 is 0 Å². The Hall–Kier alpha value is -1.88. The Bertz CT molecular complexity index is 544. The summed E-state index contributed by atoms with van der Waals surface area (Å²) in [7, 11) is 0. The highest BCUT2D eigenvalue weighted by Crippen LogP contribution is 2.14. The van der Waals surface area contributed by atoms with Gasteiger partial charge in [-0.2, -0.15) is 0 Å². The van der Waals surface area contributed by atoms with E-state index in [1.54, 1.807) is 0 Å². The number of hydrogen-bond donors (Lipinski definition) is 2. The van der Waals surface area contributed by atoms with Crippen molar-refractivity contribution in [1.29, 1.82) is 0 Å². The van der Waals surface area contributed by atoms with Gasteiger partial charge in [-0.25, -0.2) is 4.98 Å². The number of rotatable bonds is 2. The first kappa shape index (κ1) is 10.6. The first-order chi connectivity index (χ1) is 7.61. The number of amides is 1. The second-order valence-electron chi connectivity index (χ2n) is 3.68. The van der Waals surface area contributed by atoms with Gasteiger partial charge in [0.1, 0.15) is 5.65 Å². The summed E-state index contributed by atoms with van der Waals surface area (Å²) in [6.45, 7) is 3.93. The van der Waals surface area contributed by atoms with Crippen molar-refractivity contribution in [2.75, 3.05) is 11.9 Å². The third-order valence-corrected chi connectivity index (χ3v) is 2.56. The maximum atomic E-state index is 11.1. The number of hydrogen-bond acceptors (Lipinski definition) is 3. The fraction of sp³-hybridized carbons (Fsp3) is 0.273. The molecule has 0 aliphatic carbocycles. The third kappa shape index (κ3) is 1.77. The molecule has 2 rings (SSSR count). The molecule has 0 unspecified atom stereocenters. The van der Waals surface area contributed by atoms with Crippen LogP contribution in [-0.4, -0.2) is 21.8 Å².